The maximum atomic E-state index is 8.96. The quantitative estimate of drug-likeness (QED) is 0.669. The molecule has 0 aromatic heterocycles. The number of rotatable bonds is 7. The minimum absolute atomic E-state index is 0.215. The van der Waals surface area contributed by atoms with Crippen molar-refractivity contribution in [2.45, 2.75) is 52.0 Å². The van der Waals surface area contributed by atoms with Crippen LogP contribution in [0, 0.1) is 5.41 Å². The lowest BCUT2D eigenvalue weighted by atomic mass is 9.89. The topological polar surface area (TPSA) is 35.5 Å². The fraction of sp³-hybridized carbons (Fsp3) is 1.00. The molecule has 1 atom stereocenters. The summed E-state index contributed by atoms with van der Waals surface area (Å²) in [7, 11) is 2.25. The summed E-state index contributed by atoms with van der Waals surface area (Å²) in [5.41, 5.74) is 0.215. The van der Waals surface area contributed by atoms with E-state index in [1.54, 1.807) is 0 Å². The van der Waals surface area contributed by atoms with Crippen LogP contribution in [0.2, 0.25) is 0 Å². The Kier molecular flexibility index (Phi) is 6.45. The fourth-order valence-corrected chi connectivity index (χ4v) is 2.60. The van der Waals surface area contributed by atoms with Crippen molar-refractivity contribution in [3.05, 3.63) is 0 Å². The second-order valence-electron chi connectivity index (χ2n) is 6.23. The Morgan fingerprint density at radius 3 is 2.76 bits per heavy atom. The van der Waals surface area contributed by atoms with Gasteiger partial charge in [-0.3, -0.25) is 0 Å². The molecule has 1 heterocycles. The van der Waals surface area contributed by atoms with E-state index in [1.807, 2.05) is 0 Å². The Balaban J connectivity index is 2.10. The van der Waals surface area contributed by atoms with E-state index in [2.05, 4.69) is 31.1 Å². The summed E-state index contributed by atoms with van der Waals surface area (Å²) < 4.78 is 0. The number of nitrogens with zero attached hydrogens (tertiary/aromatic N) is 1. The summed E-state index contributed by atoms with van der Waals surface area (Å²) in [5, 5.41) is 12.5. The first-order chi connectivity index (χ1) is 8.05. The molecule has 1 aliphatic rings. The molecule has 0 saturated carbocycles. The van der Waals surface area contributed by atoms with Crippen molar-refractivity contribution in [2.75, 3.05) is 33.3 Å². The molecule has 0 spiro atoms. The van der Waals surface area contributed by atoms with E-state index in [4.69, 9.17) is 5.11 Å². The number of likely N-dealkylation sites (tertiary alicyclic amines) is 1. The van der Waals surface area contributed by atoms with Crippen molar-refractivity contribution in [2.24, 2.45) is 5.41 Å². The maximum absolute atomic E-state index is 8.96. The molecule has 1 fully saturated rings. The number of hydrogen-bond donors (Lipinski definition) is 2. The summed E-state index contributed by atoms with van der Waals surface area (Å²) >= 11 is 0. The molecule has 0 aromatic rings. The van der Waals surface area contributed by atoms with Crippen LogP contribution in [0.1, 0.15) is 46.0 Å². The normalized spacial score (nSPS) is 22.9. The molecular weight excluding hydrogens is 212 g/mol. The van der Waals surface area contributed by atoms with Crippen LogP contribution in [0.5, 0.6) is 0 Å². The van der Waals surface area contributed by atoms with Gasteiger partial charge in [0.25, 0.3) is 0 Å². The second kappa shape index (κ2) is 7.34. The Morgan fingerprint density at radius 1 is 1.35 bits per heavy atom. The standard InChI is InChI=1S/C14H30N2O/c1-14(2,8-11-17)12-15-9-7-13-6-4-5-10-16(13)3/h13,15,17H,4-12H2,1-3H3. The van der Waals surface area contributed by atoms with Crippen LogP contribution in [0.25, 0.3) is 0 Å². The Hall–Kier alpha value is -0.120. The first-order valence-corrected chi connectivity index (χ1v) is 7.07. The first kappa shape index (κ1) is 14.9. The van der Waals surface area contributed by atoms with Gasteiger partial charge in [0.1, 0.15) is 0 Å². The van der Waals surface area contributed by atoms with Gasteiger partial charge < -0.3 is 15.3 Å². The van der Waals surface area contributed by atoms with Gasteiger partial charge in [0.2, 0.25) is 0 Å². The lowest BCUT2D eigenvalue weighted by molar-refractivity contribution is 0.171. The van der Waals surface area contributed by atoms with Gasteiger partial charge in [0.05, 0.1) is 0 Å². The molecule has 3 heteroatoms. The highest BCUT2D eigenvalue weighted by molar-refractivity contribution is 4.76. The highest BCUT2D eigenvalue weighted by Gasteiger charge is 2.19. The largest absolute Gasteiger partial charge is 0.396 e. The highest BCUT2D eigenvalue weighted by Crippen LogP contribution is 2.19. The SMILES string of the molecule is CN1CCCCC1CCNCC(C)(C)CCO. The summed E-state index contributed by atoms with van der Waals surface area (Å²) in [6, 6.07) is 0.775. The average molecular weight is 242 g/mol. The lowest BCUT2D eigenvalue weighted by Crippen LogP contribution is -2.39. The van der Waals surface area contributed by atoms with E-state index in [0.717, 1.165) is 25.6 Å². The summed E-state index contributed by atoms with van der Waals surface area (Å²) in [4.78, 5) is 2.50. The molecular formula is C14H30N2O. The van der Waals surface area contributed by atoms with E-state index in [9.17, 15) is 0 Å². The van der Waals surface area contributed by atoms with Gasteiger partial charge in [0, 0.05) is 19.2 Å². The minimum Gasteiger partial charge on any atom is -0.396 e. The van der Waals surface area contributed by atoms with Crippen LogP contribution in [0.4, 0.5) is 0 Å². The molecule has 17 heavy (non-hydrogen) atoms. The number of aliphatic hydroxyl groups is 1. The van der Waals surface area contributed by atoms with Gasteiger partial charge in [-0.15, -0.1) is 0 Å². The van der Waals surface area contributed by atoms with Crippen LogP contribution in [-0.2, 0) is 0 Å². The Labute approximate surface area is 107 Å². The molecule has 0 radical (unpaired) electrons. The van der Waals surface area contributed by atoms with Gasteiger partial charge >= 0.3 is 0 Å². The molecule has 0 bridgehead atoms. The van der Waals surface area contributed by atoms with Gasteiger partial charge in [-0.1, -0.05) is 20.3 Å². The summed E-state index contributed by atoms with van der Waals surface area (Å²) in [6.45, 7) is 8.08. The summed E-state index contributed by atoms with van der Waals surface area (Å²) in [6.07, 6.45) is 6.25. The lowest BCUT2D eigenvalue weighted by Gasteiger charge is -2.33. The van der Waals surface area contributed by atoms with Gasteiger partial charge in [0.15, 0.2) is 0 Å². The van der Waals surface area contributed by atoms with Crippen LogP contribution in [-0.4, -0.2) is 49.3 Å². The molecule has 1 saturated heterocycles. The van der Waals surface area contributed by atoms with Crippen LogP contribution in [0.15, 0.2) is 0 Å². The average Bonchev–Trinajstić information content (AvgIpc) is 2.26. The predicted molar refractivity (Wildman–Crippen MR) is 73.2 cm³/mol. The van der Waals surface area contributed by atoms with Crippen molar-refractivity contribution < 1.29 is 5.11 Å². The van der Waals surface area contributed by atoms with Crippen LogP contribution in [0.3, 0.4) is 0 Å². The van der Waals surface area contributed by atoms with Crippen molar-refractivity contribution in [1.29, 1.82) is 0 Å². The molecule has 0 aliphatic carbocycles. The van der Waals surface area contributed by atoms with Crippen molar-refractivity contribution in [3.8, 4) is 0 Å². The second-order valence-corrected chi connectivity index (χ2v) is 6.23. The monoisotopic (exact) mass is 242 g/mol. The smallest absolute Gasteiger partial charge is 0.0436 e. The number of nitrogens with one attached hydrogen (secondary N) is 1. The molecule has 102 valence electrons. The third-order valence-corrected chi connectivity index (χ3v) is 3.97. The zero-order chi connectivity index (χ0) is 12.7. The molecule has 1 unspecified atom stereocenters. The van der Waals surface area contributed by atoms with Gasteiger partial charge in [-0.25, -0.2) is 0 Å². The van der Waals surface area contributed by atoms with Crippen molar-refractivity contribution in [3.63, 3.8) is 0 Å². The summed E-state index contributed by atoms with van der Waals surface area (Å²) in [5.74, 6) is 0. The van der Waals surface area contributed by atoms with E-state index in [-0.39, 0.29) is 5.41 Å². The zero-order valence-electron chi connectivity index (χ0n) is 11.8. The van der Waals surface area contributed by atoms with Crippen molar-refractivity contribution in [1.82, 2.24) is 10.2 Å². The van der Waals surface area contributed by atoms with E-state index in [0.29, 0.717) is 6.61 Å². The van der Waals surface area contributed by atoms with Crippen molar-refractivity contribution >= 4 is 0 Å². The minimum atomic E-state index is 0.215. The molecule has 1 aliphatic heterocycles. The van der Waals surface area contributed by atoms with Crippen LogP contribution >= 0.6 is 0 Å². The molecule has 0 amide bonds. The third kappa shape index (κ3) is 5.84. The molecule has 3 nitrogen and oxygen atoms in total. The first-order valence-electron chi connectivity index (χ1n) is 7.07. The zero-order valence-corrected chi connectivity index (χ0v) is 11.8. The Morgan fingerprint density at radius 2 is 2.12 bits per heavy atom. The molecule has 0 aromatic carbocycles. The number of aliphatic hydroxyl groups excluding tert-OH is 1. The highest BCUT2D eigenvalue weighted by atomic mass is 16.3. The van der Waals surface area contributed by atoms with E-state index in [1.165, 1.54) is 32.2 Å². The molecule has 1 rings (SSSR count). The Bertz CT molecular complexity index is 206. The van der Waals surface area contributed by atoms with Gasteiger partial charge in [-0.2, -0.15) is 0 Å². The number of hydrogen-bond acceptors (Lipinski definition) is 3. The molecule has 2 N–H and O–H groups in total. The number of piperidine rings is 1. The third-order valence-electron chi connectivity index (χ3n) is 3.97. The van der Waals surface area contributed by atoms with Gasteiger partial charge in [-0.05, 0) is 51.2 Å². The fourth-order valence-electron chi connectivity index (χ4n) is 2.60. The maximum Gasteiger partial charge on any atom is 0.0436 e. The van der Waals surface area contributed by atoms with E-state index < -0.39 is 0 Å². The van der Waals surface area contributed by atoms with E-state index >= 15 is 0 Å². The van der Waals surface area contributed by atoms with Crippen LogP contribution < -0.4 is 5.32 Å². The predicted octanol–water partition coefficient (Wildman–Crippen LogP) is 1.86.